The maximum atomic E-state index is 4.62. The first kappa shape index (κ1) is 12.6. The zero-order valence-electron chi connectivity index (χ0n) is 12.4. The lowest BCUT2D eigenvalue weighted by Gasteiger charge is -2.43. The molecule has 3 unspecified atom stereocenters. The van der Waals surface area contributed by atoms with Crippen LogP contribution < -0.4 is 5.32 Å². The lowest BCUT2D eigenvalue weighted by molar-refractivity contribution is 0.155. The molecule has 0 radical (unpaired) electrons. The minimum absolute atomic E-state index is 0.368. The molecule has 2 fully saturated rings. The molecule has 0 amide bonds. The second kappa shape index (κ2) is 3.97. The molecular formula is C17H22N2S. The van der Waals surface area contributed by atoms with Crippen molar-refractivity contribution in [3.63, 3.8) is 0 Å². The number of fused-ring (bicyclic) bond motifs is 3. The lowest BCUT2D eigenvalue weighted by atomic mass is 9.68. The number of rotatable bonds is 2. The van der Waals surface area contributed by atoms with Crippen molar-refractivity contribution in [3.8, 4) is 0 Å². The van der Waals surface area contributed by atoms with Gasteiger partial charge in [0.15, 0.2) is 0 Å². The average molecular weight is 286 g/mol. The van der Waals surface area contributed by atoms with Gasteiger partial charge in [-0.2, -0.15) is 0 Å². The summed E-state index contributed by atoms with van der Waals surface area (Å²) in [4.78, 5) is 4.62. The Morgan fingerprint density at radius 1 is 1.30 bits per heavy atom. The minimum atomic E-state index is 0.368. The van der Waals surface area contributed by atoms with Gasteiger partial charge in [-0.25, -0.2) is 4.98 Å². The molecule has 106 valence electrons. The van der Waals surface area contributed by atoms with Crippen LogP contribution in [0, 0.1) is 16.7 Å². The Bertz CT molecular complexity index is 655. The second-order valence-corrected chi connectivity index (χ2v) is 8.43. The van der Waals surface area contributed by atoms with E-state index in [1.165, 1.54) is 29.3 Å². The average Bonchev–Trinajstić information content (AvgIpc) is 3.05. The van der Waals surface area contributed by atoms with Crippen LogP contribution in [0.25, 0.3) is 10.1 Å². The minimum Gasteiger partial charge on any atom is -0.366 e. The molecular weight excluding hydrogens is 264 g/mol. The molecule has 20 heavy (non-hydrogen) atoms. The van der Waals surface area contributed by atoms with Crippen LogP contribution in [0.3, 0.4) is 0 Å². The van der Waals surface area contributed by atoms with Crippen LogP contribution in [-0.4, -0.2) is 11.0 Å². The highest BCUT2D eigenvalue weighted by Gasteiger charge is 2.59. The molecule has 3 atom stereocenters. The van der Waals surface area contributed by atoms with E-state index >= 15 is 0 Å². The number of anilines is 1. The highest BCUT2D eigenvalue weighted by molar-refractivity contribution is 7.17. The molecule has 0 spiro atoms. The molecule has 0 aliphatic heterocycles. The molecule has 2 nitrogen and oxygen atoms in total. The normalized spacial score (nSPS) is 34.8. The Morgan fingerprint density at radius 2 is 2.15 bits per heavy atom. The molecule has 2 aliphatic carbocycles. The first-order chi connectivity index (χ1) is 9.51. The number of nitrogens with zero attached hydrogens (tertiary/aromatic N) is 1. The third-order valence-electron chi connectivity index (χ3n) is 5.93. The first-order valence-electron chi connectivity index (χ1n) is 7.59. The van der Waals surface area contributed by atoms with Crippen molar-refractivity contribution in [2.75, 3.05) is 5.32 Å². The standard InChI is InChI=1S/C17H22N2S/c1-16(2)11-4-7-17(3,10-11)15(16)19-14-12-6-9-20-13(12)5-8-18-14/h5-6,8-9,11,15H,4,7,10H2,1-3H3,(H,18,19). The van der Waals surface area contributed by atoms with Gasteiger partial charge in [-0.1, -0.05) is 20.8 Å². The summed E-state index contributed by atoms with van der Waals surface area (Å²) in [6.07, 6.45) is 6.07. The van der Waals surface area contributed by atoms with Crippen molar-refractivity contribution in [3.05, 3.63) is 23.7 Å². The van der Waals surface area contributed by atoms with Gasteiger partial charge in [0.1, 0.15) is 5.82 Å². The number of pyridine rings is 1. The smallest absolute Gasteiger partial charge is 0.134 e. The van der Waals surface area contributed by atoms with Crippen LogP contribution in [0.2, 0.25) is 0 Å². The fraction of sp³-hybridized carbons (Fsp3) is 0.588. The summed E-state index contributed by atoms with van der Waals surface area (Å²) in [5.74, 6) is 1.95. The molecule has 3 heteroatoms. The SMILES string of the molecule is CC12CCC(C1)C(C)(C)C2Nc1nccc2sccc12. The van der Waals surface area contributed by atoms with Gasteiger partial charge in [0, 0.05) is 22.3 Å². The van der Waals surface area contributed by atoms with Gasteiger partial charge >= 0.3 is 0 Å². The Hall–Kier alpha value is -1.09. The maximum absolute atomic E-state index is 4.62. The summed E-state index contributed by atoms with van der Waals surface area (Å²) in [5.41, 5.74) is 0.806. The number of thiophene rings is 1. The topological polar surface area (TPSA) is 24.9 Å². The monoisotopic (exact) mass is 286 g/mol. The van der Waals surface area contributed by atoms with Crippen LogP contribution >= 0.6 is 11.3 Å². The molecule has 0 saturated heterocycles. The van der Waals surface area contributed by atoms with Gasteiger partial charge in [0.2, 0.25) is 0 Å². The van der Waals surface area contributed by atoms with Gasteiger partial charge in [-0.3, -0.25) is 0 Å². The van der Waals surface area contributed by atoms with Crippen LogP contribution in [0.1, 0.15) is 40.0 Å². The van der Waals surface area contributed by atoms with Crippen molar-refractivity contribution in [1.82, 2.24) is 4.98 Å². The van der Waals surface area contributed by atoms with Crippen LogP contribution in [-0.2, 0) is 0 Å². The van der Waals surface area contributed by atoms with Crippen LogP contribution in [0.15, 0.2) is 23.7 Å². The van der Waals surface area contributed by atoms with E-state index in [1.54, 1.807) is 11.3 Å². The fourth-order valence-electron chi connectivity index (χ4n) is 4.81. The molecule has 2 heterocycles. The van der Waals surface area contributed by atoms with Crippen molar-refractivity contribution < 1.29 is 0 Å². The predicted molar refractivity (Wildman–Crippen MR) is 86.3 cm³/mol. The second-order valence-electron chi connectivity index (χ2n) is 7.48. The van der Waals surface area contributed by atoms with Crippen LogP contribution in [0.4, 0.5) is 5.82 Å². The van der Waals surface area contributed by atoms with E-state index in [0.29, 0.717) is 16.9 Å². The molecule has 2 saturated carbocycles. The Labute approximate surface area is 124 Å². The Balaban J connectivity index is 1.74. The molecule has 2 bridgehead atoms. The number of aromatic nitrogens is 1. The van der Waals surface area contributed by atoms with E-state index in [1.807, 2.05) is 6.20 Å². The summed E-state index contributed by atoms with van der Waals surface area (Å²) in [7, 11) is 0. The van der Waals surface area contributed by atoms with Crippen molar-refractivity contribution in [2.45, 2.75) is 46.1 Å². The van der Waals surface area contributed by atoms with E-state index < -0.39 is 0 Å². The number of hydrogen-bond acceptors (Lipinski definition) is 3. The quantitative estimate of drug-likeness (QED) is 0.847. The molecule has 4 rings (SSSR count). The zero-order chi connectivity index (χ0) is 14.0. The van der Waals surface area contributed by atoms with Crippen molar-refractivity contribution in [2.24, 2.45) is 16.7 Å². The summed E-state index contributed by atoms with van der Waals surface area (Å²) in [6, 6.07) is 4.84. The highest BCUT2D eigenvalue weighted by Crippen LogP contribution is 2.63. The number of hydrogen-bond donors (Lipinski definition) is 1. The van der Waals surface area contributed by atoms with E-state index in [9.17, 15) is 0 Å². The van der Waals surface area contributed by atoms with E-state index in [2.05, 4.69) is 48.6 Å². The zero-order valence-corrected chi connectivity index (χ0v) is 13.3. The van der Waals surface area contributed by atoms with E-state index in [4.69, 9.17) is 0 Å². The van der Waals surface area contributed by atoms with Crippen molar-refractivity contribution in [1.29, 1.82) is 0 Å². The van der Waals surface area contributed by atoms with E-state index in [-0.39, 0.29) is 0 Å². The lowest BCUT2D eigenvalue weighted by Crippen LogP contribution is -2.46. The molecule has 2 aromatic heterocycles. The van der Waals surface area contributed by atoms with Crippen molar-refractivity contribution >= 4 is 27.2 Å². The largest absolute Gasteiger partial charge is 0.366 e. The maximum Gasteiger partial charge on any atom is 0.134 e. The Morgan fingerprint density at radius 3 is 2.90 bits per heavy atom. The summed E-state index contributed by atoms with van der Waals surface area (Å²) >= 11 is 1.79. The third-order valence-corrected chi connectivity index (χ3v) is 6.81. The summed E-state index contributed by atoms with van der Waals surface area (Å²) < 4.78 is 1.33. The van der Waals surface area contributed by atoms with Gasteiger partial charge in [-0.15, -0.1) is 11.3 Å². The molecule has 2 aliphatic rings. The molecule has 1 N–H and O–H groups in total. The summed E-state index contributed by atoms with van der Waals surface area (Å²) in [6.45, 7) is 7.34. The fourth-order valence-corrected chi connectivity index (χ4v) is 5.59. The van der Waals surface area contributed by atoms with Gasteiger partial charge in [0.25, 0.3) is 0 Å². The molecule has 2 aromatic rings. The Kier molecular flexibility index (Phi) is 2.51. The van der Waals surface area contributed by atoms with Crippen LogP contribution in [0.5, 0.6) is 0 Å². The summed E-state index contributed by atoms with van der Waals surface area (Å²) in [5, 5.41) is 7.26. The van der Waals surface area contributed by atoms with Gasteiger partial charge in [0.05, 0.1) is 0 Å². The first-order valence-corrected chi connectivity index (χ1v) is 8.47. The van der Waals surface area contributed by atoms with E-state index in [0.717, 1.165) is 11.7 Å². The number of nitrogens with one attached hydrogen (secondary N) is 1. The van der Waals surface area contributed by atoms with Gasteiger partial charge < -0.3 is 5.32 Å². The molecule has 0 aromatic carbocycles. The predicted octanol–water partition coefficient (Wildman–Crippen LogP) is 4.92. The third kappa shape index (κ3) is 1.59. The highest BCUT2D eigenvalue weighted by atomic mass is 32.1. The van der Waals surface area contributed by atoms with Gasteiger partial charge in [-0.05, 0) is 53.5 Å².